The monoisotopic (exact) mass is 305 g/mol. The molecule has 0 bridgehead atoms. The van der Waals surface area contributed by atoms with E-state index < -0.39 is 0 Å². The molecule has 0 spiro atoms. The van der Waals surface area contributed by atoms with Crippen molar-refractivity contribution in [3.05, 3.63) is 48.5 Å². The van der Waals surface area contributed by atoms with Gasteiger partial charge in [0.25, 0.3) is 5.89 Å². The molecule has 0 N–H and O–H groups in total. The summed E-state index contributed by atoms with van der Waals surface area (Å²) in [5.41, 5.74) is 3.60. The quantitative estimate of drug-likeness (QED) is 0.577. The maximum Gasteiger partial charge on any atom is 0.258 e. The molecule has 2 aromatic carbocycles. The molecule has 0 aliphatic heterocycles. The van der Waals surface area contributed by atoms with Gasteiger partial charge >= 0.3 is 0 Å². The molecule has 0 radical (unpaired) electrons. The van der Waals surface area contributed by atoms with E-state index in [1.165, 1.54) is 0 Å². The first-order valence-electron chi connectivity index (χ1n) is 7.47. The van der Waals surface area contributed by atoms with Crippen LogP contribution in [-0.4, -0.2) is 25.1 Å². The lowest BCUT2D eigenvalue weighted by Crippen LogP contribution is -2.02. The predicted octanol–water partition coefficient (Wildman–Crippen LogP) is 3.73. The molecule has 4 aromatic rings. The molecule has 2 aromatic heterocycles. The highest BCUT2D eigenvalue weighted by molar-refractivity contribution is 5.80. The highest BCUT2D eigenvalue weighted by Crippen LogP contribution is 2.25. The summed E-state index contributed by atoms with van der Waals surface area (Å²) in [4.78, 5) is 4.49. The molecule has 0 saturated heterocycles. The fourth-order valence-corrected chi connectivity index (χ4v) is 2.50. The molecule has 0 fully saturated rings. The van der Waals surface area contributed by atoms with Crippen LogP contribution in [0.3, 0.4) is 0 Å². The molecule has 0 amide bonds. The zero-order chi connectivity index (χ0) is 15.8. The standard InChI is InChI=1S/C17H15N5O/c1-11(2)22-15-10-13(8-9-14(15)19-21-22)16-18-17(23-20-16)12-6-4-3-5-7-12/h3-11H,1-2H3. The number of aromatic nitrogens is 5. The summed E-state index contributed by atoms with van der Waals surface area (Å²) in [6.45, 7) is 4.14. The van der Waals surface area contributed by atoms with Gasteiger partial charge in [0.2, 0.25) is 5.82 Å². The molecule has 0 aliphatic rings. The van der Waals surface area contributed by atoms with Crippen molar-refractivity contribution in [3.8, 4) is 22.8 Å². The van der Waals surface area contributed by atoms with Gasteiger partial charge in [-0.15, -0.1) is 5.10 Å². The summed E-state index contributed by atoms with van der Waals surface area (Å²) < 4.78 is 7.26. The fourth-order valence-electron chi connectivity index (χ4n) is 2.50. The van der Waals surface area contributed by atoms with Crippen LogP contribution in [0.4, 0.5) is 0 Å². The van der Waals surface area contributed by atoms with Crippen molar-refractivity contribution in [1.82, 2.24) is 25.1 Å². The smallest absolute Gasteiger partial charge is 0.258 e. The SMILES string of the molecule is CC(C)n1nnc2ccc(-c3noc(-c4ccccc4)n3)cc21. The Hall–Kier alpha value is -3.02. The Kier molecular flexibility index (Phi) is 3.15. The summed E-state index contributed by atoms with van der Waals surface area (Å²) in [7, 11) is 0. The zero-order valence-corrected chi connectivity index (χ0v) is 12.8. The molecule has 0 atom stereocenters. The minimum atomic E-state index is 0.236. The van der Waals surface area contributed by atoms with E-state index in [0.717, 1.165) is 22.2 Å². The van der Waals surface area contributed by atoms with Gasteiger partial charge in [-0.3, -0.25) is 0 Å². The molecule has 0 aliphatic carbocycles. The highest BCUT2D eigenvalue weighted by Gasteiger charge is 2.13. The molecular formula is C17H15N5O. The Bertz CT molecular complexity index is 955. The second kappa shape index (κ2) is 5.31. The summed E-state index contributed by atoms with van der Waals surface area (Å²) in [6, 6.07) is 15.8. The third-order valence-corrected chi connectivity index (χ3v) is 3.67. The van der Waals surface area contributed by atoms with Gasteiger partial charge in [0.05, 0.1) is 5.52 Å². The van der Waals surface area contributed by atoms with E-state index in [4.69, 9.17) is 4.52 Å². The van der Waals surface area contributed by atoms with Crippen molar-refractivity contribution in [2.45, 2.75) is 19.9 Å². The summed E-state index contributed by atoms with van der Waals surface area (Å²) in [6.07, 6.45) is 0. The van der Waals surface area contributed by atoms with Gasteiger partial charge in [-0.2, -0.15) is 4.98 Å². The van der Waals surface area contributed by atoms with Crippen LogP contribution in [0.2, 0.25) is 0 Å². The number of rotatable bonds is 3. The first kappa shape index (κ1) is 13.6. The maximum atomic E-state index is 5.38. The van der Waals surface area contributed by atoms with Gasteiger partial charge in [-0.25, -0.2) is 4.68 Å². The minimum Gasteiger partial charge on any atom is -0.334 e. The second-order valence-electron chi connectivity index (χ2n) is 5.62. The van der Waals surface area contributed by atoms with E-state index in [1.54, 1.807) is 0 Å². The van der Waals surface area contributed by atoms with Crippen LogP contribution in [0.1, 0.15) is 19.9 Å². The topological polar surface area (TPSA) is 69.6 Å². The fraction of sp³-hybridized carbons (Fsp3) is 0.176. The largest absolute Gasteiger partial charge is 0.334 e. The van der Waals surface area contributed by atoms with Crippen LogP contribution in [0, 0.1) is 0 Å². The van der Waals surface area contributed by atoms with Gasteiger partial charge in [0, 0.05) is 17.2 Å². The van der Waals surface area contributed by atoms with Gasteiger partial charge in [-0.05, 0) is 44.2 Å². The Morgan fingerprint density at radius 1 is 1.00 bits per heavy atom. The number of hydrogen-bond acceptors (Lipinski definition) is 5. The average Bonchev–Trinajstić information content (AvgIpc) is 3.22. The van der Waals surface area contributed by atoms with E-state index in [2.05, 4.69) is 34.3 Å². The first-order chi connectivity index (χ1) is 11.2. The number of nitrogens with zero attached hydrogens (tertiary/aromatic N) is 5. The molecule has 0 unspecified atom stereocenters. The van der Waals surface area contributed by atoms with E-state index in [0.29, 0.717) is 11.7 Å². The summed E-state index contributed by atoms with van der Waals surface area (Å²) in [5.74, 6) is 1.07. The predicted molar refractivity (Wildman–Crippen MR) is 86.6 cm³/mol. The highest BCUT2D eigenvalue weighted by atomic mass is 16.5. The van der Waals surface area contributed by atoms with Crippen LogP contribution in [0.5, 0.6) is 0 Å². The first-order valence-corrected chi connectivity index (χ1v) is 7.47. The van der Waals surface area contributed by atoms with E-state index in [9.17, 15) is 0 Å². The van der Waals surface area contributed by atoms with E-state index >= 15 is 0 Å². The second-order valence-corrected chi connectivity index (χ2v) is 5.62. The molecule has 114 valence electrons. The Balaban J connectivity index is 1.77. The lowest BCUT2D eigenvalue weighted by molar-refractivity contribution is 0.432. The van der Waals surface area contributed by atoms with E-state index in [-0.39, 0.29) is 6.04 Å². The third kappa shape index (κ3) is 2.38. The number of fused-ring (bicyclic) bond motifs is 1. The minimum absolute atomic E-state index is 0.236. The van der Waals surface area contributed by atoms with Gasteiger partial charge in [-0.1, -0.05) is 28.6 Å². The summed E-state index contributed by atoms with van der Waals surface area (Å²) in [5, 5.41) is 12.5. The van der Waals surface area contributed by atoms with Crippen molar-refractivity contribution in [3.63, 3.8) is 0 Å². The van der Waals surface area contributed by atoms with Crippen molar-refractivity contribution in [2.75, 3.05) is 0 Å². The van der Waals surface area contributed by atoms with Crippen LogP contribution < -0.4 is 0 Å². The normalized spacial score (nSPS) is 11.4. The van der Waals surface area contributed by atoms with Gasteiger partial charge in [0.1, 0.15) is 5.52 Å². The van der Waals surface area contributed by atoms with Crippen LogP contribution in [0.25, 0.3) is 33.9 Å². The van der Waals surface area contributed by atoms with Gasteiger partial charge < -0.3 is 4.52 Å². The van der Waals surface area contributed by atoms with E-state index in [1.807, 2.05) is 53.2 Å². The molecule has 6 nitrogen and oxygen atoms in total. The van der Waals surface area contributed by atoms with Crippen LogP contribution in [0.15, 0.2) is 53.1 Å². The molecule has 0 saturated carbocycles. The van der Waals surface area contributed by atoms with Gasteiger partial charge in [0.15, 0.2) is 0 Å². The number of hydrogen-bond donors (Lipinski definition) is 0. The molecular weight excluding hydrogens is 290 g/mol. The molecule has 6 heteroatoms. The zero-order valence-electron chi connectivity index (χ0n) is 12.8. The molecule has 4 rings (SSSR count). The van der Waals surface area contributed by atoms with Crippen molar-refractivity contribution in [2.24, 2.45) is 0 Å². The third-order valence-electron chi connectivity index (χ3n) is 3.67. The lowest BCUT2D eigenvalue weighted by Gasteiger charge is -2.05. The Labute approximate surface area is 132 Å². The summed E-state index contributed by atoms with van der Waals surface area (Å²) >= 11 is 0. The maximum absolute atomic E-state index is 5.38. The Morgan fingerprint density at radius 3 is 2.61 bits per heavy atom. The van der Waals surface area contributed by atoms with Crippen molar-refractivity contribution >= 4 is 11.0 Å². The average molecular weight is 305 g/mol. The van der Waals surface area contributed by atoms with Crippen molar-refractivity contribution in [1.29, 1.82) is 0 Å². The molecule has 2 heterocycles. The van der Waals surface area contributed by atoms with Crippen LogP contribution in [-0.2, 0) is 0 Å². The molecule has 23 heavy (non-hydrogen) atoms. The van der Waals surface area contributed by atoms with Crippen molar-refractivity contribution < 1.29 is 4.52 Å². The Morgan fingerprint density at radius 2 is 1.83 bits per heavy atom. The van der Waals surface area contributed by atoms with Crippen LogP contribution >= 0.6 is 0 Å². The lowest BCUT2D eigenvalue weighted by atomic mass is 10.2. The number of benzene rings is 2.